The van der Waals surface area contributed by atoms with Gasteiger partial charge in [0, 0.05) is 22.2 Å². The van der Waals surface area contributed by atoms with Crippen molar-refractivity contribution in [3.8, 4) is 0 Å². The fourth-order valence-corrected chi connectivity index (χ4v) is 3.88. The number of rotatable bonds is 3. The first kappa shape index (κ1) is 13.1. The summed E-state index contributed by atoms with van der Waals surface area (Å²) in [6.45, 7) is 0.922. The number of hydrogen-bond donors (Lipinski definition) is 1. The summed E-state index contributed by atoms with van der Waals surface area (Å²) in [5.41, 5.74) is 0. The summed E-state index contributed by atoms with van der Waals surface area (Å²) in [5.74, 6) is -0.145. The predicted molar refractivity (Wildman–Crippen MR) is 80.1 cm³/mol. The first-order chi connectivity index (χ1) is 9.31. The van der Waals surface area contributed by atoms with Crippen molar-refractivity contribution in [3.05, 3.63) is 35.0 Å². The van der Waals surface area contributed by atoms with Crippen LogP contribution in [-0.4, -0.2) is 6.04 Å². The third kappa shape index (κ3) is 3.34. The van der Waals surface area contributed by atoms with Gasteiger partial charge in [-0.1, -0.05) is 25.7 Å². The smallest absolute Gasteiger partial charge is 0.123 e. The monoisotopic (exact) mass is 277 g/mol. The van der Waals surface area contributed by atoms with E-state index >= 15 is 0 Å². The standard InChI is InChI=1S/C16H20FNS/c17-13-7-8-16-12(9-13)10-15(19-16)11-18-14-5-3-1-2-4-6-14/h7-10,14,18H,1-6,11H2. The summed E-state index contributed by atoms with van der Waals surface area (Å²) < 4.78 is 14.3. The van der Waals surface area contributed by atoms with E-state index in [0.29, 0.717) is 6.04 Å². The van der Waals surface area contributed by atoms with Crippen LogP contribution in [0.25, 0.3) is 10.1 Å². The molecule has 0 atom stereocenters. The lowest BCUT2D eigenvalue weighted by Gasteiger charge is -2.15. The number of halogens is 1. The van der Waals surface area contributed by atoms with Gasteiger partial charge in [-0.25, -0.2) is 4.39 Å². The van der Waals surface area contributed by atoms with Crippen LogP contribution in [0.1, 0.15) is 43.4 Å². The highest BCUT2D eigenvalue weighted by Gasteiger charge is 2.12. The molecule has 1 aromatic carbocycles. The van der Waals surface area contributed by atoms with Crippen molar-refractivity contribution in [2.45, 2.75) is 51.1 Å². The molecular weight excluding hydrogens is 257 g/mol. The summed E-state index contributed by atoms with van der Waals surface area (Å²) in [4.78, 5) is 1.31. The normalized spacial score (nSPS) is 17.7. The van der Waals surface area contributed by atoms with Crippen molar-refractivity contribution in [2.24, 2.45) is 0 Å². The molecule has 19 heavy (non-hydrogen) atoms. The Morgan fingerprint density at radius 3 is 2.68 bits per heavy atom. The number of hydrogen-bond acceptors (Lipinski definition) is 2. The van der Waals surface area contributed by atoms with Crippen molar-refractivity contribution >= 4 is 21.4 Å². The Morgan fingerprint density at radius 2 is 1.89 bits per heavy atom. The molecule has 0 radical (unpaired) electrons. The molecule has 3 heteroatoms. The van der Waals surface area contributed by atoms with Crippen LogP contribution in [-0.2, 0) is 6.54 Å². The number of thiophene rings is 1. The molecular formula is C16H20FNS. The molecule has 1 heterocycles. The van der Waals surface area contributed by atoms with Gasteiger partial charge in [-0.2, -0.15) is 0 Å². The van der Waals surface area contributed by atoms with Crippen LogP contribution in [0.5, 0.6) is 0 Å². The first-order valence-corrected chi connectivity index (χ1v) is 8.04. The highest BCUT2D eigenvalue weighted by atomic mass is 32.1. The van der Waals surface area contributed by atoms with Crippen molar-refractivity contribution < 1.29 is 4.39 Å². The molecule has 0 spiro atoms. The summed E-state index contributed by atoms with van der Waals surface area (Å²) in [7, 11) is 0. The zero-order chi connectivity index (χ0) is 13.1. The third-order valence-corrected chi connectivity index (χ3v) is 5.07. The van der Waals surface area contributed by atoms with E-state index in [1.54, 1.807) is 23.5 Å². The van der Waals surface area contributed by atoms with E-state index in [1.165, 1.54) is 48.1 Å². The minimum absolute atomic E-state index is 0.145. The molecule has 2 aromatic rings. The quantitative estimate of drug-likeness (QED) is 0.791. The van der Waals surface area contributed by atoms with Gasteiger partial charge in [0.2, 0.25) is 0 Å². The van der Waals surface area contributed by atoms with Gasteiger partial charge in [-0.15, -0.1) is 11.3 Å². The van der Waals surface area contributed by atoms with Crippen LogP contribution in [0.4, 0.5) is 4.39 Å². The molecule has 1 N–H and O–H groups in total. The molecule has 0 unspecified atom stereocenters. The SMILES string of the molecule is Fc1ccc2sc(CNC3CCCCCC3)cc2c1. The van der Waals surface area contributed by atoms with Crippen molar-refractivity contribution in [3.63, 3.8) is 0 Å². The Hall–Kier alpha value is -0.930. The molecule has 1 aliphatic rings. The molecule has 102 valence electrons. The largest absolute Gasteiger partial charge is 0.309 e. The van der Waals surface area contributed by atoms with Crippen LogP contribution in [0.3, 0.4) is 0 Å². The van der Waals surface area contributed by atoms with E-state index < -0.39 is 0 Å². The Kier molecular flexibility index (Phi) is 4.14. The van der Waals surface area contributed by atoms with E-state index in [1.807, 2.05) is 6.07 Å². The average Bonchev–Trinajstić information content (AvgIpc) is 2.63. The molecule has 0 bridgehead atoms. The Morgan fingerprint density at radius 1 is 1.11 bits per heavy atom. The van der Waals surface area contributed by atoms with Gasteiger partial charge in [0.25, 0.3) is 0 Å². The fourth-order valence-electron chi connectivity index (χ4n) is 2.88. The van der Waals surface area contributed by atoms with Crippen LogP contribution < -0.4 is 5.32 Å². The van der Waals surface area contributed by atoms with Crippen LogP contribution in [0.2, 0.25) is 0 Å². The number of nitrogens with one attached hydrogen (secondary N) is 1. The highest BCUT2D eigenvalue weighted by molar-refractivity contribution is 7.19. The molecule has 1 aromatic heterocycles. The summed E-state index contributed by atoms with van der Waals surface area (Å²) in [5, 5.41) is 4.70. The average molecular weight is 277 g/mol. The summed E-state index contributed by atoms with van der Waals surface area (Å²) in [6.07, 6.45) is 8.10. The van der Waals surface area contributed by atoms with E-state index in [4.69, 9.17) is 0 Å². The first-order valence-electron chi connectivity index (χ1n) is 7.22. The third-order valence-electron chi connectivity index (χ3n) is 3.95. The van der Waals surface area contributed by atoms with Gasteiger partial charge >= 0.3 is 0 Å². The predicted octanol–water partition coefficient (Wildman–Crippen LogP) is 4.85. The molecule has 0 saturated heterocycles. The maximum Gasteiger partial charge on any atom is 0.123 e. The van der Waals surface area contributed by atoms with E-state index in [0.717, 1.165) is 11.9 Å². The topological polar surface area (TPSA) is 12.0 Å². The molecule has 0 aliphatic heterocycles. The zero-order valence-corrected chi connectivity index (χ0v) is 11.9. The zero-order valence-electron chi connectivity index (χ0n) is 11.1. The Bertz CT molecular complexity index is 541. The second-order valence-corrected chi connectivity index (χ2v) is 6.63. The fraction of sp³-hybridized carbons (Fsp3) is 0.500. The molecule has 1 saturated carbocycles. The lowest BCUT2D eigenvalue weighted by atomic mass is 10.1. The molecule has 0 amide bonds. The van der Waals surface area contributed by atoms with E-state index in [2.05, 4.69) is 11.4 Å². The van der Waals surface area contributed by atoms with Gasteiger partial charge in [0.05, 0.1) is 0 Å². The maximum atomic E-state index is 13.2. The van der Waals surface area contributed by atoms with Gasteiger partial charge in [0.15, 0.2) is 0 Å². The van der Waals surface area contributed by atoms with Crippen LogP contribution in [0, 0.1) is 5.82 Å². The lowest BCUT2D eigenvalue weighted by molar-refractivity contribution is 0.461. The van der Waals surface area contributed by atoms with Crippen LogP contribution in [0.15, 0.2) is 24.3 Å². The molecule has 1 aliphatic carbocycles. The molecule has 3 rings (SSSR count). The Labute approximate surface area is 117 Å². The highest BCUT2D eigenvalue weighted by Crippen LogP contribution is 2.26. The minimum Gasteiger partial charge on any atom is -0.309 e. The lowest BCUT2D eigenvalue weighted by Crippen LogP contribution is -2.27. The van der Waals surface area contributed by atoms with Gasteiger partial charge in [0.1, 0.15) is 5.82 Å². The minimum atomic E-state index is -0.145. The van der Waals surface area contributed by atoms with Gasteiger partial charge in [-0.05, 0) is 42.5 Å². The summed E-state index contributed by atoms with van der Waals surface area (Å²) >= 11 is 1.77. The van der Waals surface area contributed by atoms with Gasteiger partial charge in [-0.3, -0.25) is 0 Å². The Balaban J connectivity index is 1.64. The van der Waals surface area contributed by atoms with E-state index in [-0.39, 0.29) is 5.82 Å². The number of benzene rings is 1. The van der Waals surface area contributed by atoms with Crippen molar-refractivity contribution in [2.75, 3.05) is 0 Å². The van der Waals surface area contributed by atoms with Gasteiger partial charge < -0.3 is 5.32 Å². The molecule has 1 fully saturated rings. The van der Waals surface area contributed by atoms with Crippen LogP contribution >= 0.6 is 11.3 Å². The van der Waals surface area contributed by atoms with Crippen molar-refractivity contribution in [1.29, 1.82) is 0 Å². The molecule has 1 nitrogen and oxygen atoms in total. The second-order valence-electron chi connectivity index (χ2n) is 5.46. The summed E-state index contributed by atoms with van der Waals surface area (Å²) in [6, 6.07) is 7.84. The van der Waals surface area contributed by atoms with Crippen molar-refractivity contribution in [1.82, 2.24) is 5.32 Å². The second kappa shape index (κ2) is 6.02. The van der Waals surface area contributed by atoms with E-state index in [9.17, 15) is 4.39 Å². The number of fused-ring (bicyclic) bond motifs is 1. The maximum absolute atomic E-state index is 13.2.